The van der Waals surface area contributed by atoms with E-state index in [1.54, 1.807) is 26.0 Å². The molecular formula is C21H25N7O5. The molecular weight excluding hydrogens is 430 g/mol. The zero-order valence-corrected chi connectivity index (χ0v) is 18.5. The molecule has 3 rings (SSSR count). The summed E-state index contributed by atoms with van der Waals surface area (Å²) in [7, 11) is 1.42. The van der Waals surface area contributed by atoms with E-state index in [1.165, 1.54) is 24.1 Å². The molecule has 0 aliphatic heterocycles. The van der Waals surface area contributed by atoms with Gasteiger partial charge in [0, 0.05) is 24.9 Å². The molecule has 0 aliphatic carbocycles. The van der Waals surface area contributed by atoms with Gasteiger partial charge in [0.25, 0.3) is 11.5 Å². The Bertz CT molecular complexity index is 1240. The molecule has 0 aliphatic rings. The Hall–Kier alpha value is -4.22. The number of nitrogens with one attached hydrogen (secondary N) is 1. The first-order valence-electron chi connectivity index (χ1n) is 10.2. The van der Waals surface area contributed by atoms with E-state index in [0.29, 0.717) is 17.6 Å². The van der Waals surface area contributed by atoms with Crippen LogP contribution in [0.4, 0.5) is 11.9 Å². The van der Waals surface area contributed by atoms with Crippen molar-refractivity contribution >= 4 is 34.6 Å². The van der Waals surface area contributed by atoms with Crippen LogP contribution in [0.5, 0.6) is 11.5 Å². The number of carbonyl (C=O) groups excluding carboxylic acids is 2. The van der Waals surface area contributed by atoms with E-state index < -0.39 is 11.8 Å². The standard InChI is InChI=1S/C21H25N7O5/c1-11(2)28-19(31)13-6-7-14(33-8-4-5-15(22)29)17(32-3)16(13)26-21(28)27-18(30)12-9-24-20(23)25-10-12/h6-7,9-11H,4-5,8H2,1-3H3,(H2,22,29)(H2,23,24,25)(H,26,27,30). The number of amides is 2. The molecule has 0 atom stereocenters. The second-order valence-corrected chi connectivity index (χ2v) is 7.40. The van der Waals surface area contributed by atoms with Crippen molar-refractivity contribution in [1.29, 1.82) is 0 Å². The van der Waals surface area contributed by atoms with Crippen molar-refractivity contribution in [1.82, 2.24) is 19.5 Å². The number of aromatic nitrogens is 4. The number of nitrogen functional groups attached to an aromatic ring is 1. The molecule has 2 amide bonds. The Morgan fingerprint density at radius 3 is 2.52 bits per heavy atom. The minimum atomic E-state index is -0.562. The Labute approximate surface area is 188 Å². The van der Waals surface area contributed by atoms with E-state index in [1.807, 2.05) is 0 Å². The maximum Gasteiger partial charge on any atom is 0.263 e. The number of primary amides is 1. The molecule has 0 unspecified atom stereocenters. The zero-order valence-electron chi connectivity index (χ0n) is 18.5. The highest BCUT2D eigenvalue weighted by atomic mass is 16.5. The predicted octanol–water partition coefficient (Wildman–Crippen LogP) is 1.25. The molecule has 1 aromatic carbocycles. The second kappa shape index (κ2) is 9.94. The SMILES string of the molecule is COc1c(OCCCC(N)=O)ccc2c(=O)n(C(C)C)c(NC(=O)c3cnc(N)nc3)nc12. The van der Waals surface area contributed by atoms with Gasteiger partial charge in [-0.05, 0) is 32.4 Å². The number of hydrogen-bond acceptors (Lipinski definition) is 9. The van der Waals surface area contributed by atoms with Crippen LogP contribution in [0, 0.1) is 0 Å². The summed E-state index contributed by atoms with van der Waals surface area (Å²) in [6.45, 7) is 3.81. The molecule has 3 aromatic rings. The van der Waals surface area contributed by atoms with Gasteiger partial charge >= 0.3 is 0 Å². The lowest BCUT2D eigenvalue weighted by Crippen LogP contribution is -2.29. The molecule has 2 heterocycles. The van der Waals surface area contributed by atoms with Gasteiger partial charge in [-0.15, -0.1) is 0 Å². The van der Waals surface area contributed by atoms with E-state index in [4.69, 9.17) is 20.9 Å². The molecule has 12 heteroatoms. The van der Waals surface area contributed by atoms with Crippen LogP contribution in [0.25, 0.3) is 10.9 Å². The summed E-state index contributed by atoms with van der Waals surface area (Å²) in [6, 6.07) is 2.88. The van der Waals surface area contributed by atoms with E-state index >= 15 is 0 Å². The topological polar surface area (TPSA) is 177 Å². The van der Waals surface area contributed by atoms with Crippen molar-refractivity contribution in [2.75, 3.05) is 24.8 Å². The number of carbonyl (C=O) groups is 2. The van der Waals surface area contributed by atoms with Crippen LogP contribution in [0.3, 0.4) is 0 Å². The van der Waals surface area contributed by atoms with Gasteiger partial charge in [-0.2, -0.15) is 0 Å². The number of benzene rings is 1. The number of fused-ring (bicyclic) bond motifs is 1. The highest BCUT2D eigenvalue weighted by Gasteiger charge is 2.21. The predicted molar refractivity (Wildman–Crippen MR) is 121 cm³/mol. The fraction of sp³-hybridized carbons (Fsp3) is 0.333. The van der Waals surface area contributed by atoms with E-state index in [0.717, 1.165) is 0 Å². The molecule has 12 nitrogen and oxygen atoms in total. The molecule has 0 bridgehead atoms. The molecule has 0 spiro atoms. The van der Waals surface area contributed by atoms with E-state index in [9.17, 15) is 14.4 Å². The average molecular weight is 455 g/mol. The number of nitrogens with two attached hydrogens (primary N) is 2. The Morgan fingerprint density at radius 1 is 1.21 bits per heavy atom. The lowest BCUT2D eigenvalue weighted by Gasteiger charge is -2.19. The van der Waals surface area contributed by atoms with Crippen molar-refractivity contribution in [2.24, 2.45) is 5.73 Å². The van der Waals surface area contributed by atoms with Crippen LogP contribution in [-0.4, -0.2) is 45.1 Å². The van der Waals surface area contributed by atoms with Crippen LogP contribution >= 0.6 is 0 Å². The first kappa shape index (κ1) is 23.4. The number of nitrogens with zero attached hydrogens (tertiary/aromatic N) is 4. The first-order chi connectivity index (χ1) is 15.7. The van der Waals surface area contributed by atoms with Crippen LogP contribution in [0.15, 0.2) is 29.3 Å². The molecule has 0 radical (unpaired) electrons. The summed E-state index contributed by atoms with van der Waals surface area (Å²) in [5, 5.41) is 2.93. The van der Waals surface area contributed by atoms with Crippen LogP contribution in [0.1, 0.15) is 43.1 Å². The molecule has 0 saturated heterocycles. The van der Waals surface area contributed by atoms with Gasteiger partial charge in [0.05, 0.1) is 24.7 Å². The number of rotatable bonds is 9. The van der Waals surface area contributed by atoms with Crippen molar-refractivity contribution in [2.45, 2.75) is 32.7 Å². The van der Waals surface area contributed by atoms with Crippen LogP contribution in [0.2, 0.25) is 0 Å². The smallest absolute Gasteiger partial charge is 0.263 e. The maximum absolute atomic E-state index is 13.3. The maximum atomic E-state index is 13.3. The normalized spacial score (nSPS) is 10.9. The molecule has 2 aromatic heterocycles. The third-order valence-corrected chi connectivity index (χ3v) is 4.70. The monoisotopic (exact) mass is 455 g/mol. The molecule has 5 N–H and O–H groups in total. The number of anilines is 2. The second-order valence-electron chi connectivity index (χ2n) is 7.40. The van der Waals surface area contributed by atoms with E-state index in [-0.39, 0.29) is 53.4 Å². The first-order valence-corrected chi connectivity index (χ1v) is 10.2. The van der Waals surface area contributed by atoms with Crippen molar-refractivity contribution < 1.29 is 19.1 Å². The highest BCUT2D eigenvalue weighted by molar-refractivity contribution is 6.03. The minimum Gasteiger partial charge on any atom is -0.491 e. The fourth-order valence-electron chi connectivity index (χ4n) is 3.16. The Balaban J connectivity index is 2.05. The summed E-state index contributed by atoms with van der Waals surface area (Å²) < 4.78 is 12.6. The van der Waals surface area contributed by atoms with Crippen molar-refractivity contribution in [3.63, 3.8) is 0 Å². The molecule has 174 valence electrons. The lowest BCUT2D eigenvalue weighted by molar-refractivity contribution is -0.118. The van der Waals surface area contributed by atoms with Gasteiger partial charge < -0.3 is 20.9 Å². The minimum absolute atomic E-state index is 0.0218. The molecule has 33 heavy (non-hydrogen) atoms. The Kier molecular flexibility index (Phi) is 7.06. The summed E-state index contributed by atoms with van der Waals surface area (Å²) in [6.07, 6.45) is 3.15. The Morgan fingerprint density at radius 2 is 1.91 bits per heavy atom. The quantitative estimate of drug-likeness (QED) is 0.401. The average Bonchev–Trinajstić information content (AvgIpc) is 2.76. The lowest BCUT2D eigenvalue weighted by atomic mass is 10.2. The summed E-state index contributed by atoms with van der Waals surface area (Å²) >= 11 is 0. The summed E-state index contributed by atoms with van der Waals surface area (Å²) in [5.41, 5.74) is 10.6. The molecule has 0 saturated carbocycles. The fourth-order valence-corrected chi connectivity index (χ4v) is 3.16. The highest BCUT2D eigenvalue weighted by Crippen LogP contribution is 2.34. The third kappa shape index (κ3) is 5.17. The van der Waals surface area contributed by atoms with Gasteiger partial charge in [-0.3, -0.25) is 24.3 Å². The van der Waals surface area contributed by atoms with Crippen molar-refractivity contribution in [3.05, 3.63) is 40.4 Å². The largest absolute Gasteiger partial charge is 0.491 e. The van der Waals surface area contributed by atoms with Crippen LogP contribution < -0.4 is 31.8 Å². The zero-order chi connectivity index (χ0) is 24.1. The molecule has 0 fully saturated rings. The van der Waals surface area contributed by atoms with Crippen molar-refractivity contribution in [3.8, 4) is 11.5 Å². The van der Waals surface area contributed by atoms with Crippen LogP contribution in [-0.2, 0) is 4.79 Å². The van der Waals surface area contributed by atoms with E-state index in [2.05, 4.69) is 20.3 Å². The van der Waals surface area contributed by atoms with Gasteiger partial charge in [0.15, 0.2) is 11.5 Å². The third-order valence-electron chi connectivity index (χ3n) is 4.70. The number of methoxy groups -OCH3 is 1. The van der Waals surface area contributed by atoms with Gasteiger partial charge in [0.1, 0.15) is 5.52 Å². The summed E-state index contributed by atoms with van der Waals surface area (Å²) in [4.78, 5) is 49.0. The van der Waals surface area contributed by atoms with Gasteiger partial charge in [0.2, 0.25) is 17.8 Å². The number of ether oxygens (including phenoxy) is 2. The number of hydrogen-bond donors (Lipinski definition) is 3. The summed E-state index contributed by atoms with van der Waals surface area (Å²) in [5.74, 6) is -0.366. The van der Waals surface area contributed by atoms with Gasteiger partial charge in [-0.1, -0.05) is 0 Å². The van der Waals surface area contributed by atoms with Gasteiger partial charge in [-0.25, -0.2) is 15.0 Å².